The fourth-order valence-electron chi connectivity index (χ4n) is 0.779. The van der Waals surface area contributed by atoms with Crippen LogP contribution in [0.3, 0.4) is 0 Å². The zero-order chi connectivity index (χ0) is 10.3. The number of nitrogens with two attached hydrogens (primary N) is 1. The van der Waals surface area contributed by atoms with E-state index in [0.29, 0.717) is 18.6 Å². The molecule has 0 unspecified atom stereocenters. The van der Waals surface area contributed by atoms with Crippen molar-refractivity contribution in [1.29, 1.82) is 0 Å². The van der Waals surface area contributed by atoms with Gasteiger partial charge in [0.1, 0.15) is 5.69 Å². The standard InChI is InChI=1S/C8H10N2O.CH3F/c1-3-5-7-6(4-2)10-8(9)11-7;1-2/h3-5H,2H2,1H3,(H2,9,10);1H3/b5-3-;. The highest BCUT2D eigenvalue weighted by Crippen LogP contribution is 2.14. The number of aromatic nitrogens is 1. The Labute approximate surface area is 76.8 Å². The highest BCUT2D eigenvalue weighted by atomic mass is 19.1. The first-order valence-corrected chi connectivity index (χ1v) is 3.67. The Balaban J connectivity index is 0.000000671. The second-order valence-electron chi connectivity index (χ2n) is 2.01. The molecule has 0 aliphatic rings. The average molecular weight is 184 g/mol. The summed E-state index contributed by atoms with van der Waals surface area (Å²) >= 11 is 0. The molecule has 0 saturated carbocycles. The lowest BCUT2D eigenvalue weighted by Gasteiger charge is -1.83. The van der Waals surface area contributed by atoms with E-state index in [2.05, 4.69) is 11.6 Å². The van der Waals surface area contributed by atoms with E-state index in [1.54, 1.807) is 12.2 Å². The van der Waals surface area contributed by atoms with Crippen molar-refractivity contribution in [3.63, 3.8) is 0 Å². The molecule has 0 spiro atoms. The summed E-state index contributed by atoms with van der Waals surface area (Å²) in [5, 5.41) is 0. The van der Waals surface area contributed by atoms with Crippen LogP contribution in [0, 0.1) is 0 Å². The largest absolute Gasteiger partial charge is 0.424 e. The minimum atomic E-state index is 0.174. The summed E-state index contributed by atoms with van der Waals surface area (Å²) in [6, 6.07) is 0.174. The number of oxazole rings is 1. The molecule has 0 bridgehead atoms. The number of halogens is 1. The Hall–Kier alpha value is -1.58. The number of allylic oxidation sites excluding steroid dienone is 1. The van der Waals surface area contributed by atoms with E-state index >= 15 is 0 Å². The topological polar surface area (TPSA) is 52.0 Å². The van der Waals surface area contributed by atoms with Crippen molar-refractivity contribution in [3.05, 3.63) is 24.1 Å². The van der Waals surface area contributed by atoms with Gasteiger partial charge in [0.05, 0.1) is 7.18 Å². The van der Waals surface area contributed by atoms with Crippen LogP contribution < -0.4 is 5.73 Å². The van der Waals surface area contributed by atoms with Crippen LogP contribution in [0.1, 0.15) is 18.4 Å². The van der Waals surface area contributed by atoms with Crippen LogP contribution in [0.15, 0.2) is 17.1 Å². The number of nitrogen functional groups attached to an aromatic ring is 1. The van der Waals surface area contributed by atoms with E-state index in [4.69, 9.17) is 10.2 Å². The molecule has 1 rings (SSSR count). The van der Waals surface area contributed by atoms with Crippen molar-refractivity contribution in [2.24, 2.45) is 0 Å². The summed E-state index contributed by atoms with van der Waals surface area (Å²) in [6.07, 6.45) is 5.25. The van der Waals surface area contributed by atoms with Gasteiger partial charge in [0.2, 0.25) is 0 Å². The first kappa shape index (κ1) is 11.4. The molecule has 0 aromatic carbocycles. The highest BCUT2D eigenvalue weighted by Gasteiger charge is 2.03. The van der Waals surface area contributed by atoms with Crippen molar-refractivity contribution >= 4 is 18.2 Å². The molecule has 0 saturated heterocycles. The van der Waals surface area contributed by atoms with Gasteiger partial charge in [0.25, 0.3) is 6.01 Å². The van der Waals surface area contributed by atoms with Crippen LogP contribution >= 0.6 is 0 Å². The molecule has 0 aliphatic carbocycles. The van der Waals surface area contributed by atoms with Gasteiger partial charge in [-0.2, -0.15) is 4.98 Å². The summed E-state index contributed by atoms with van der Waals surface area (Å²) in [4.78, 5) is 3.89. The van der Waals surface area contributed by atoms with E-state index in [1.807, 2.05) is 13.0 Å². The van der Waals surface area contributed by atoms with Gasteiger partial charge in [-0.1, -0.05) is 12.7 Å². The molecule has 0 amide bonds. The van der Waals surface area contributed by atoms with Crippen LogP contribution in [-0.4, -0.2) is 12.2 Å². The first-order chi connectivity index (χ1) is 6.27. The lowest BCUT2D eigenvalue weighted by Crippen LogP contribution is -1.81. The molecule has 1 aromatic heterocycles. The maximum absolute atomic E-state index is 9.50. The van der Waals surface area contributed by atoms with Crippen LogP contribution in [0.2, 0.25) is 0 Å². The van der Waals surface area contributed by atoms with Gasteiger partial charge in [0, 0.05) is 0 Å². The third kappa shape index (κ3) is 3.11. The molecule has 0 radical (unpaired) electrons. The van der Waals surface area contributed by atoms with Gasteiger partial charge in [-0.15, -0.1) is 0 Å². The lowest BCUT2D eigenvalue weighted by atomic mass is 10.3. The van der Waals surface area contributed by atoms with Gasteiger partial charge in [-0.3, -0.25) is 4.39 Å². The molecule has 1 aromatic rings. The highest BCUT2D eigenvalue weighted by molar-refractivity contribution is 5.58. The van der Waals surface area contributed by atoms with Crippen molar-refractivity contribution in [1.82, 2.24) is 4.98 Å². The molecular formula is C9H13FN2O. The van der Waals surface area contributed by atoms with Crippen molar-refractivity contribution < 1.29 is 8.81 Å². The molecule has 4 heteroatoms. The Morgan fingerprint density at radius 1 is 1.54 bits per heavy atom. The predicted octanol–water partition coefficient (Wildman–Crippen LogP) is 2.52. The van der Waals surface area contributed by atoms with E-state index in [1.165, 1.54) is 0 Å². The van der Waals surface area contributed by atoms with Gasteiger partial charge < -0.3 is 10.2 Å². The molecule has 72 valence electrons. The number of anilines is 1. The fraction of sp³-hybridized carbons (Fsp3) is 0.222. The van der Waals surface area contributed by atoms with Crippen LogP contribution in [0.4, 0.5) is 10.4 Å². The van der Waals surface area contributed by atoms with Crippen LogP contribution in [0.25, 0.3) is 12.2 Å². The number of nitrogens with zero attached hydrogens (tertiary/aromatic N) is 1. The van der Waals surface area contributed by atoms with Crippen molar-refractivity contribution in [2.45, 2.75) is 6.92 Å². The fourth-order valence-corrected chi connectivity index (χ4v) is 0.779. The number of rotatable bonds is 2. The maximum Gasteiger partial charge on any atom is 0.292 e. The zero-order valence-electron chi connectivity index (χ0n) is 7.75. The number of alkyl halides is 1. The average Bonchev–Trinajstić information content (AvgIpc) is 2.50. The quantitative estimate of drug-likeness (QED) is 0.768. The summed E-state index contributed by atoms with van der Waals surface area (Å²) in [5.74, 6) is 0.653. The second-order valence-corrected chi connectivity index (χ2v) is 2.01. The summed E-state index contributed by atoms with van der Waals surface area (Å²) in [7, 11) is 0.500. The molecule has 0 aliphatic heterocycles. The van der Waals surface area contributed by atoms with Gasteiger partial charge in [-0.05, 0) is 19.1 Å². The molecule has 0 atom stereocenters. The van der Waals surface area contributed by atoms with E-state index in [9.17, 15) is 4.39 Å². The monoisotopic (exact) mass is 184 g/mol. The third-order valence-corrected chi connectivity index (χ3v) is 1.21. The van der Waals surface area contributed by atoms with Gasteiger partial charge in [-0.25, -0.2) is 0 Å². The molecular weight excluding hydrogens is 171 g/mol. The minimum absolute atomic E-state index is 0.174. The zero-order valence-corrected chi connectivity index (χ0v) is 7.75. The van der Waals surface area contributed by atoms with Crippen LogP contribution in [-0.2, 0) is 0 Å². The Morgan fingerprint density at radius 3 is 2.62 bits per heavy atom. The summed E-state index contributed by atoms with van der Waals surface area (Å²) in [5.41, 5.74) is 6.01. The molecule has 0 fully saturated rings. The first-order valence-electron chi connectivity index (χ1n) is 3.67. The van der Waals surface area contributed by atoms with Crippen molar-refractivity contribution in [3.8, 4) is 0 Å². The Morgan fingerprint density at radius 2 is 2.15 bits per heavy atom. The third-order valence-electron chi connectivity index (χ3n) is 1.21. The van der Waals surface area contributed by atoms with E-state index in [-0.39, 0.29) is 6.01 Å². The van der Waals surface area contributed by atoms with Crippen LogP contribution in [0.5, 0.6) is 0 Å². The number of hydrogen-bond donors (Lipinski definition) is 1. The minimum Gasteiger partial charge on any atom is -0.424 e. The predicted molar refractivity (Wildman–Crippen MR) is 52.7 cm³/mol. The number of hydrogen-bond acceptors (Lipinski definition) is 3. The second kappa shape index (κ2) is 5.99. The van der Waals surface area contributed by atoms with Gasteiger partial charge in [0.15, 0.2) is 5.76 Å². The maximum atomic E-state index is 9.50. The van der Waals surface area contributed by atoms with Crippen molar-refractivity contribution in [2.75, 3.05) is 12.9 Å². The van der Waals surface area contributed by atoms with E-state index in [0.717, 1.165) is 0 Å². The summed E-state index contributed by atoms with van der Waals surface area (Å²) in [6.45, 7) is 5.47. The molecule has 2 N–H and O–H groups in total. The van der Waals surface area contributed by atoms with Gasteiger partial charge >= 0.3 is 0 Å². The normalized spacial score (nSPS) is 9.46. The smallest absolute Gasteiger partial charge is 0.292 e. The molecule has 3 nitrogen and oxygen atoms in total. The molecule has 1 heterocycles. The van der Waals surface area contributed by atoms with E-state index < -0.39 is 0 Å². The lowest BCUT2D eigenvalue weighted by molar-refractivity contribution is 0.570. The summed E-state index contributed by atoms with van der Waals surface area (Å²) < 4.78 is 14.6. The SMILES string of the molecule is C=Cc1nc(N)oc1/C=C\C.CF. The Bertz CT molecular complexity index is 292. The molecule has 13 heavy (non-hydrogen) atoms. The Kier molecular flexibility index (Phi) is 5.27.